The Bertz CT molecular complexity index is 814. The lowest BCUT2D eigenvalue weighted by Gasteiger charge is -2.23. The topological polar surface area (TPSA) is 76.7 Å². The van der Waals surface area contributed by atoms with E-state index in [4.69, 9.17) is 9.47 Å². The van der Waals surface area contributed by atoms with Gasteiger partial charge in [0.15, 0.2) is 6.61 Å². The lowest BCUT2D eigenvalue weighted by molar-refractivity contribution is -0.123. The molecule has 2 aromatic rings. The van der Waals surface area contributed by atoms with E-state index < -0.39 is 11.8 Å². The molecule has 2 rings (SSSR count). The van der Waals surface area contributed by atoms with Crippen molar-refractivity contribution >= 4 is 27.7 Å². The van der Waals surface area contributed by atoms with Crippen LogP contribution in [0.3, 0.4) is 0 Å². The fraction of sp³-hybridized carbons (Fsp3) is 0.300. The molecule has 0 atom stereocenters. The smallest absolute Gasteiger partial charge is 0.276 e. The average molecular weight is 435 g/mol. The van der Waals surface area contributed by atoms with Crippen LogP contribution in [0.15, 0.2) is 46.9 Å². The van der Waals surface area contributed by atoms with Crippen molar-refractivity contribution in [1.29, 1.82) is 0 Å². The quantitative estimate of drug-likeness (QED) is 0.704. The molecule has 0 spiro atoms. The third kappa shape index (κ3) is 5.99. The zero-order valence-electron chi connectivity index (χ0n) is 15.8. The molecule has 27 heavy (non-hydrogen) atoms. The molecule has 0 saturated carbocycles. The number of benzene rings is 2. The number of amides is 2. The number of hydrogen-bond acceptors (Lipinski definition) is 4. The van der Waals surface area contributed by atoms with Gasteiger partial charge in [0.2, 0.25) is 0 Å². The van der Waals surface area contributed by atoms with Crippen molar-refractivity contribution in [3.63, 3.8) is 0 Å². The first kappa shape index (κ1) is 20.8. The highest BCUT2D eigenvalue weighted by Crippen LogP contribution is 2.33. The summed E-state index contributed by atoms with van der Waals surface area (Å²) in [5.41, 5.74) is 5.95. The minimum absolute atomic E-state index is 0.141. The van der Waals surface area contributed by atoms with Gasteiger partial charge >= 0.3 is 0 Å². The van der Waals surface area contributed by atoms with Gasteiger partial charge in [-0.15, -0.1) is 0 Å². The molecule has 2 N–H and O–H groups in total. The molecule has 0 aliphatic heterocycles. The van der Waals surface area contributed by atoms with Crippen molar-refractivity contribution in [3.05, 3.63) is 58.1 Å². The number of halogens is 1. The summed E-state index contributed by atoms with van der Waals surface area (Å²) in [6, 6.07) is 12.2. The predicted molar refractivity (Wildman–Crippen MR) is 107 cm³/mol. The lowest BCUT2D eigenvalue weighted by Crippen LogP contribution is -2.43. The highest BCUT2D eigenvalue weighted by atomic mass is 79.9. The van der Waals surface area contributed by atoms with Crippen LogP contribution >= 0.6 is 15.9 Å². The molecule has 0 bridgehead atoms. The van der Waals surface area contributed by atoms with E-state index in [0.717, 1.165) is 10.0 Å². The molecular weight excluding hydrogens is 412 g/mol. The largest absolute Gasteiger partial charge is 0.497 e. The molecule has 6 nitrogen and oxygen atoms in total. The Morgan fingerprint density at radius 3 is 2.30 bits per heavy atom. The van der Waals surface area contributed by atoms with Crippen molar-refractivity contribution in [3.8, 4) is 11.5 Å². The summed E-state index contributed by atoms with van der Waals surface area (Å²) in [6.07, 6.45) is 0. The van der Waals surface area contributed by atoms with Gasteiger partial charge in [0.25, 0.3) is 11.8 Å². The van der Waals surface area contributed by atoms with E-state index in [1.807, 2.05) is 18.2 Å². The van der Waals surface area contributed by atoms with Crippen LogP contribution in [-0.2, 0) is 10.2 Å². The summed E-state index contributed by atoms with van der Waals surface area (Å²) in [5, 5.41) is 0. The summed E-state index contributed by atoms with van der Waals surface area (Å²) in [4.78, 5) is 24.0. The first-order valence-corrected chi connectivity index (χ1v) is 9.16. The molecule has 0 aliphatic carbocycles. The maximum atomic E-state index is 12.0. The van der Waals surface area contributed by atoms with Crippen LogP contribution < -0.4 is 20.3 Å². The molecule has 0 fully saturated rings. The number of hydrazine groups is 1. The summed E-state index contributed by atoms with van der Waals surface area (Å²) < 4.78 is 11.6. The number of methoxy groups -OCH3 is 1. The standard InChI is InChI=1S/C20H23BrN2O4/c1-20(2,3)16-11-14(21)7-10-17(16)27-12-18(24)22-23-19(25)13-5-8-15(26-4)9-6-13/h5-11H,12H2,1-4H3,(H,22,24)(H,23,25). The van der Waals surface area contributed by atoms with Crippen LogP contribution in [0.4, 0.5) is 0 Å². The number of nitrogens with one attached hydrogen (secondary N) is 2. The number of carbonyl (C=O) groups excluding carboxylic acids is 2. The second kappa shape index (κ2) is 8.90. The van der Waals surface area contributed by atoms with E-state index in [-0.39, 0.29) is 12.0 Å². The third-order valence-electron chi connectivity index (χ3n) is 3.78. The average Bonchev–Trinajstić information content (AvgIpc) is 2.64. The van der Waals surface area contributed by atoms with Gasteiger partial charge in [-0.2, -0.15) is 0 Å². The van der Waals surface area contributed by atoms with Crippen LogP contribution in [0.5, 0.6) is 11.5 Å². The molecule has 0 unspecified atom stereocenters. The highest BCUT2D eigenvalue weighted by molar-refractivity contribution is 9.10. The Morgan fingerprint density at radius 1 is 1.04 bits per heavy atom. The first-order valence-electron chi connectivity index (χ1n) is 8.37. The maximum Gasteiger partial charge on any atom is 0.276 e. The number of rotatable bonds is 5. The van der Waals surface area contributed by atoms with Gasteiger partial charge in [-0.3, -0.25) is 20.4 Å². The lowest BCUT2D eigenvalue weighted by atomic mass is 9.86. The molecular formula is C20H23BrN2O4. The van der Waals surface area contributed by atoms with Gasteiger partial charge in [-0.1, -0.05) is 36.7 Å². The van der Waals surface area contributed by atoms with E-state index >= 15 is 0 Å². The van der Waals surface area contributed by atoms with Crippen LogP contribution in [0, 0.1) is 0 Å². The summed E-state index contributed by atoms with van der Waals surface area (Å²) in [6.45, 7) is 5.98. The Kier molecular flexibility index (Phi) is 6.85. The third-order valence-corrected chi connectivity index (χ3v) is 4.27. The Labute approximate surface area is 167 Å². The van der Waals surface area contributed by atoms with E-state index in [0.29, 0.717) is 17.1 Å². The maximum absolute atomic E-state index is 12.0. The van der Waals surface area contributed by atoms with Gasteiger partial charge in [0.1, 0.15) is 11.5 Å². The number of ether oxygens (including phenoxy) is 2. The molecule has 0 aliphatic rings. The van der Waals surface area contributed by atoms with Crippen LogP contribution in [0.1, 0.15) is 36.7 Å². The molecule has 0 saturated heterocycles. The monoisotopic (exact) mass is 434 g/mol. The van der Waals surface area contributed by atoms with E-state index in [2.05, 4.69) is 47.6 Å². The Hall–Kier alpha value is -2.54. The molecule has 0 radical (unpaired) electrons. The summed E-state index contributed by atoms with van der Waals surface area (Å²) in [7, 11) is 1.55. The molecule has 144 valence electrons. The minimum atomic E-state index is -0.459. The molecule has 7 heteroatoms. The molecule has 0 heterocycles. The zero-order chi connectivity index (χ0) is 20.0. The fourth-order valence-corrected chi connectivity index (χ4v) is 2.70. The van der Waals surface area contributed by atoms with Crippen LogP contribution in [-0.4, -0.2) is 25.5 Å². The number of hydrogen-bond donors (Lipinski definition) is 2. The number of carbonyl (C=O) groups is 2. The van der Waals surface area contributed by atoms with Gasteiger partial charge in [0, 0.05) is 15.6 Å². The van der Waals surface area contributed by atoms with Crippen molar-refractivity contribution in [2.75, 3.05) is 13.7 Å². The SMILES string of the molecule is COc1ccc(C(=O)NNC(=O)COc2ccc(Br)cc2C(C)(C)C)cc1. The first-order chi connectivity index (χ1) is 12.7. The molecule has 2 aromatic carbocycles. The van der Waals surface area contributed by atoms with Gasteiger partial charge in [-0.25, -0.2) is 0 Å². The predicted octanol–water partition coefficient (Wildman–Crippen LogP) is 3.60. The van der Waals surface area contributed by atoms with Crippen molar-refractivity contribution < 1.29 is 19.1 Å². The Balaban J connectivity index is 1.90. The zero-order valence-corrected chi connectivity index (χ0v) is 17.3. The summed E-state index contributed by atoms with van der Waals surface area (Å²) in [5.74, 6) is 0.389. The van der Waals surface area contributed by atoms with Crippen molar-refractivity contribution in [2.24, 2.45) is 0 Å². The van der Waals surface area contributed by atoms with E-state index in [1.54, 1.807) is 31.4 Å². The van der Waals surface area contributed by atoms with Crippen molar-refractivity contribution in [2.45, 2.75) is 26.2 Å². The second-order valence-electron chi connectivity index (χ2n) is 6.91. The van der Waals surface area contributed by atoms with Gasteiger partial charge in [0.05, 0.1) is 7.11 Å². The second-order valence-corrected chi connectivity index (χ2v) is 7.83. The Morgan fingerprint density at radius 2 is 1.70 bits per heavy atom. The fourth-order valence-electron chi connectivity index (χ4n) is 2.33. The van der Waals surface area contributed by atoms with Gasteiger partial charge in [-0.05, 0) is 47.9 Å². The minimum Gasteiger partial charge on any atom is -0.497 e. The van der Waals surface area contributed by atoms with Crippen LogP contribution in [0.2, 0.25) is 0 Å². The van der Waals surface area contributed by atoms with Gasteiger partial charge < -0.3 is 9.47 Å². The summed E-state index contributed by atoms with van der Waals surface area (Å²) >= 11 is 3.45. The highest BCUT2D eigenvalue weighted by Gasteiger charge is 2.20. The van der Waals surface area contributed by atoms with E-state index in [9.17, 15) is 9.59 Å². The van der Waals surface area contributed by atoms with Crippen LogP contribution in [0.25, 0.3) is 0 Å². The normalized spacial score (nSPS) is 10.9. The molecule has 2 amide bonds. The van der Waals surface area contributed by atoms with E-state index in [1.165, 1.54) is 0 Å². The molecule has 0 aromatic heterocycles. The van der Waals surface area contributed by atoms with Crippen molar-refractivity contribution in [1.82, 2.24) is 10.9 Å².